The molecule has 0 fully saturated rings. The van der Waals surface area contributed by atoms with Gasteiger partial charge in [-0.2, -0.15) is 0 Å². The minimum Gasteiger partial charge on any atom is -0.493 e. The lowest BCUT2D eigenvalue weighted by atomic mass is 10.3. The first-order valence-corrected chi connectivity index (χ1v) is 8.29. The Morgan fingerprint density at radius 3 is 2.92 bits per heavy atom. The van der Waals surface area contributed by atoms with E-state index in [1.165, 1.54) is 12.1 Å². The normalized spacial score (nSPS) is 10.8. The van der Waals surface area contributed by atoms with Gasteiger partial charge in [0.1, 0.15) is 17.4 Å². The van der Waals surface area contributed by atoms with Crippen LogP contribution in [0, 0.1) is 5.82 Å². The number of halogens is 1. The summed E-state index contributed by atoms with van der Waals surface area (Å²) in [5, 5.41) is 2.87. The Balaban J connectivity index is 1.32. The van der Waals surface area contributed by atoms with Gasteiger partial charge in [-0.05, 0) is 30.7 Å². The van der Waals surface area contributed by atoms with E-state index in [2.05, 4.69) is 15.3 Å². The summed E-state index contributed by atoms with van der Waals surface area (Å²) in [5.74, 6) is 0.973. The van der Waals surface area contributed by atoms with Crippen LogP contribution in [0.25, 0.3) is 11.0 Å². The number of carbonyl (C=O) groups excluding carboxylic acids is 1. The molecule has 25 heavy (non-hydrogen) atoms. The summed E-state index contributed by atoms with van der Waals surface area (Å²) in [6.07, 6.45) is 1.60. The fourth-order valence-electron chi connectivity index (χ4n) is 2.51. The van der Waals surface area contributed by atoms with Gasteiger partial charge in [0.25, 0.3) is 0 Å². The number of carbonyl (C=O) groups is 1. The summed E-state index contributed by atoms with van der Waals surface area (Å²) in [5.41, 5.74) is 1.93. The van der Waals surface area contributed by atoms with Gasteiger partial charge in [-0.15, -0.1) is 0 Å². The Morgan fingerprint density at radius 2 is 2.08 bits per heavy atom. The minimum atomic E-state index is -0.333. The van der Waals surface area contributed by atoms with Crippen molar-refractivity contribution in [2.24, 2.45) is 0 Å². The van der Waals surface area contributed by atoms with Crippen LogP contribution in [0.2, 0.25) is 0 Å². The summed E-state index contributed by atoms with van der Waals surface area (Å²) in [7, 11) is 0. The lowest BCUT2D eigenvalue weighted by Gasteiger charge is -2.06. The molecule has 2 aromatic carbocycles. The topological polar surface area (TPSA) is 67.0 Å². The van der Waals surface area contributed by atoms with Crippen molar-refractivity contribution in [3.63, 3.8) is 0 Å². The van der Waals surface area contributed by atoms with Crippen molar-refractivity contribution in [3.8, 4) is 5.75 Å². The predicted molar refractivity (Wildman–Crippen MR) is 93.9 cm³/mol. The number of hydrogen-bond donors (Lipinski definition) is 2. The molecule has 0 aliphatic heterocycles. The molecule has 0 unspecified atom stereocenters. The molecule has 0 aliphatic rings. The van der Waals surface area contributed by atoms with E-state index in [0.717, 1.165) is 16.9 Å². The van der Waals surface area contributed by atoms with Crippen molar-refractivity contribution >= 4 is 16.9 Å². The van der Waals surface area contributed by atoms with Crippen molar-refractivity contribution < 1.29 is 13.9 Å². The smallest absolute Gasteiger partial charge is 0.220 e. The van der Waals surface area contributed by atoms with Crippen LogP contribution in [0.3, 0.4) is 0 Å². The Kier molecular flexibility index (Phi) is 5.61. The first kappa shape index (κ1) is 17.0. The van der Waals surface area contributed by atoms with Crippen molar-refractivity contribution in [3.05, 3.63) is 60.2 Å². The monoisotopic (exact) mass is 341 g/mol. The van der Waals surface area contributed by atoms with E-state index in [4.69, 9.17) is 4.74 Å². The second-order valence-corrected chi connectivity index (χ2v) is 5.71. The van der Waals surface area contributed by atoms with Crippen molar-refractivity contribution in [2.75, 3.05) is 13.2 Å². The molecule has 6 heteroatoms. The molecule has 1 aromatic heterocycles. The summed E-state index contributed by atoms with van der Waals surface area (Å²) in [4.78, 5) is 19.5. The second kappa shape index (κ2) is 8.28. The third-order valence-corrected chi connectivity index (χ3v) is 3.74. The molecule has 0 saturated heterocycles. The number of aromatic nitrogens is 2. The minimum absolute atomic E-state index is 0.0287. The van der Waals surface area contributed by atoms with Crippen LogP contribution in [-0.4, -0.2) is 29.0 Å². The number of imidazole rings is 1. The zero-order chi connectivity index (χ0) is 17.5. The van der Waals surface area contributed by atoms with Crippen molar-refractivity contribution in [2.45, 2.75) is 19.3 Å². The maximum atomic E-state index is 13.0. The van der Waals surface area contributed by atoms with Crippen molar-refractivity contribution in [1.29, 1.82) is 0 Å². The molecule has 1 heterocycles. The van der Waals surface area contributed by atoms with Gasteiger partial charge in [0.15, 0.2) is 0 Å². The molecule has 1 amide bonds. The molecule has 0 aliphatic carbocycles. The number of para-hydroxylation sites is 2. The van der Waals surface area contributed by atoms with Gasteiger partial charge >= 0.3 is 0 Å². The van der Waals surface area contributed by atoms with E-state index < -0.39 is 0 Å². The van der Waals surface area contributed by atoms with Gasteiger partial charge in [0, 0.05) is 25.5 Å². The van der Waals surface area contributed by atoms with Gasteiger partial charge in [-0.1, -0.05) is 18.2 Å². The number of nitrogens with zero attached hydrogens (tertiary/aromatic N) is 1. The highest BCUT2D eigenvalue weighted by molar-refractivity contribution is 5.76. The standard InChI is InChI=1S/C19H20FN3O2/c20-14-5-3-6-15(13-14)25-12-4-9-19(24)21-11-10-18-22-16-7-1-2-8-17(16)23-18/h1-3,5-8,13H,4,9-12H2,(H,21,24)(H,22,23). The molecular formula is C19H20FN3O2. The summed E-state index contributed by atoms with van der Waals surface area (Å²) < 4.78 is 18.4. The molecule has 0 bridgehead atoms. The van der Waals surface area contributed by atoms with E-state index in [1.807, 2.05) is 24.3 Å². The predicted octanol–water partition coefficient (Wildman–Crippen LogP) is 3.22. The number of aromatic amines is 1. The van der Waals surface area contributed by atoms with Crippen LogP contribution < -0.4 is 10.1 Å². The molecule has 0 spiro atoms. The summed E-state index contributed by atoms with van der Waals surface area (Å²) in [6.45, 7) is 0.907. The van der Waals surface area contributed by atoms with E-state index in [-0.39, 0.29) is 11.7 Å². The van der Waals surface area contributed by atoms with Crippen LogP contribution in [0.5, 0.6) is 5.75 Å². The molecule has 0 radical (unpaired) electrons. The number of nitrogens with one attached hydrogen (secondary N) is 2. The van der Waals surface area contributed by atoms with Crippen LogP contribution in [0.4, 0.5) is 4.39 Å². The number of fused-ring (bicyclic) bond motifs is 1. The average molecular weight is 341 g/mol. The first-order chi connectivity index (χ1) is 12.2. The van der Waals surface area contributed by atoms with Crippen molar-refractivity contribution in [1.82, 2.24) is 15.3 Å². The Hall–Kier alpha value is -2.89. The third kappa shape index (κ3) is 5.04. The number of benzene rings is 2. The highest BCUT2D eigenvalue weighted by atomic mass is 19.1. The highest BCUT2D eigenvalue weighted by Crippen LogP contribution is 2.12. The van der Waals surface area contributed by atoms with Gasteiger partial charge in [-0.3, -0.25) is 4.79 Å². The molecule has 3 aromatic rings. The lowest BCUT2D eigenvalue weighted by Crippen LogP contribution is -2.26. The van der Waals surface area contributed by atoms with Crippen LogP contribution in [0.1, 0.15) is 18.7 Å². The van der Waals surface area contributed by atoms with Gasteiger partial charge in [-0.25, -0.2) is 9.37 Å². The fourth-order valence-corrected chi connectivity index (χ4v) is 2.51. The van der Waals surface area contributed by atoms with Crippen LogP contribution in [0.15, 0.2) is 48.5 Å². The molecular weight excluding hydrogens is 321 g/mol. The number of ether oxygens (including phenoxy) is 1. The maximum absolute atomic E-state index is 13.0. The maximum Gasteiger partial charge on any atom is 0.220 e. The molecule has 0 atom stereocenters. The van der Waals surface area contributed by atoms with Gasteiger partial charge < -0.3 is 15.0 Å². The SMILES string of the molecule is O=C(CCCOc1cccc(F)c1)NCCc1nc2ccccc2[nH]1. The average Bonchev–Trinajstić information content (AvgIpc) is 3.01. The Bertz CT molecular complexity index is 814. The largest absolute Gasteiger partial charge is 0.493 e. The highest BCUT2D eigenvalue weighted by Gasteiger charge is 2.04. The molecule has 5 nitrogen and oxygen atoms in total. The Morgan fingerprint density at radius 1 is 1.20 bits per heavy atom. The zero-order valence-electron chi connectivity index (χ0n) is 13.8. The van der Waals surface area contributed by atoms with Crippen LogP contribution in [-0.2, 0) is 11.2 Å². The zero-order valence-corrected chi connectivity index (χ0v) is 13.8. The number of rotatable bonds is 8. The lowest BCUT2D eigenvalue weighted by molar-refractivity contribution is -0.121. The molecule has 0 saturated carbocycles. The van der Waals surface area contributed by atoms with Gasteiger partial charge in [0.05, 0.1) is 17.6 Å². The quantitative estimate of drug-likeness (QED) is 0.618. The van der Waals surface area contributed by atoms with E-state index in [9.17, 15) is 9.18 Å². The summed E-state index contributed by atoms with van der Waals surface area (Å²) in [6, 6.07) is 13.8. The van der Waals surface area contributed by atoms with Crippen LogP contribution >= 0.6 is 0 Å². The van der Waals surface area contributed by atoms with E-state index in [1.54, 1.807) is 12.1 Å². The van der Waals surface area contributed by atoms with E-state index >= 15 is 0 Å². The second-order valence-electron chi connectivity index (χ2n) is 5.71. The number of amides is 1. The molecule has 2 N–H and O–H groups in total. The molecule has 3 rings (SSSR count). The molecule has 130 valence electrons. The summed E-state index contributed by atoms with van der Waals surface area (Å²) >= 11 is 0. The number of hydrogen-bond acceptors (Lipinski definition) is 3. The first-order valence-electron chi connectivity index (χ1n) is 8.29. The fraction of sp³-hybridized carbons (Fsp3) is 0.263. The Labute approximate surface area is 145 Å². The van der Waals surface area contributed by atoms with Gasteiger partial charge in [0.2, 0.25) is 5.91 Å². The number of H-pyrrole nitrogens is 1. The van der Waals surface area contributed by atoms with E-state index in [0.29, 0.717) is 38.2 Å². The third-order valence-electron chi connectivity index (χ3n) is 3.74.